The van der Waals surface area contributed by atoms with Crippen molar-refractivity contribution in [1.29, 1.82) is 0 Å². The Morgan fingerprint density at radius 3 is 2.95 bits per heavy atom. The fraction of sp³-hybridized carbons (Fsp3) is 0.267. The standard InChI is InChI=1S/C15H15N3O3/c1-10-11(2)18-21-15(10)17-14(20)13-6-7-16-9-12(13)5-3-4-8-19/h6-7,9,19H,4,8H2,1-2H3,(H,17,20). The first-order valence-corrected chi connectivity index (χ1v) is 6.41. The molecule has 6 nitrogen and oxygen atoms in total. The molecule has 2 aromatic rings. The Kier molecular flexibility index (Phi) is 4.69. The number of aryl methyl sites for hydroxylation is 1. The topological polar surface area (TPSA) is 88.3 Å². The number of amides is 1. The fourth-order valence-electron chi connectivity index (χ4n) is 1.61. The number of carbonyl (C=O) groups excluding carboxylic acids is 1. The van der Waals surface area contributed by atoms with Gasteiger partial charge < -0.3 is 9.63 Å². The molecule has 2 N–H and O–H groups in total. The third-order valence-corrected chi connectivity index (χ3v) is 2.91. The predicted molar refractivity (Wildman–Crippen MR) is 76.7 cm³/mol. The van der Waals surface area contributed by atoms with Crippen molar-refractivity contribution < 1.29 is 14.4 Å². The second-order valence-electron chi connectivity index (χ2n) is 4.37. The van der Waals surface area contributed by atoms with Crippen LogP contribution in [0.1, 0.15) is 33.6 Å². The molecule has 0 aromatic carbocycles. The maximum Gasteiger partial charge on any atom is 0.259 e. The average molecular weight is 285 g/mol. The lowest BCUT2D eigenvalue weighted by Gasteiger charge is -2.04. The van der Waals surface area contributed by atoms with Crippen molar-refractivity contribution in [3.05, 3.63) is 40.8 Å². The number of nitrogens with zero attached hydrogens (tertiary/aromatic N) is 2. The molecule has 6 heteroatoms. The quantitative estimate of drug-likeness (QED) is 0.837. The number of aliphatic hydroxyl groups is 1. The van der Waals surface area contributed by atoms with E-state index in [-0.39, 0.29) is 12.5 Å². The van der Waals surface area contributed by atoms with Crippen LogP contribution in [-0.4, -0.2) is 27.8 Å². The highest BCUT2D eigenvalue weighted by molar-refractivity contribution is 6.05. The Morgan fingerprint density at radius 1 is 1.48 bits per heavy atom. The third-order valence-electron chi connectivity index (χ3n) is 2.91. The SMILES string of the molecule is Cc1noc(NC(=O)c2ccncc2C#CCCO)c1C. The molecule has 0 atom stereocenters. The van der Waals surface area contributed by atoms with Crippen LogP contribution in [0.2, 0.25) is 0 Å². The summed E-state index contributed by atoms with van der Waals surface area (Å²) >= 11 is 0. The molecule has 2 rings (SSSR count). The minimum atomic E-state index is -0.343. The van der Waals surface area contributed by atoms with Crippen LogP contribution < -0.4 is 5.32 Å². The van der Waals surface area contributed by atoms with Gasteiger partial charge in [0.15, 0.2) is 0 Å². The number of rotatable bonds is 3. The van der Waals surface area contributed by atoms with Gasteiger partial charge in [-0.1, -0.05) is 17.0 Å². The minimum Gasteiger partial charge on any atom is -0.395 e. The van der Waals surface area contributed by atoms with Crippen LogP contribution >= 0.6 is 0 Å². The van der Waals surface area contributed by atoms with Gasteiger partial charge >= 0.3 is 0 Å². The van der Waals surface area contributed by atoms with E-state index >= 15 is 0 Å². The normalized spacial score (nSPS) is 9.86. The summed E-state index contributed by atoms with van der Waals surface area (Å²) < 4.78 is 5.06. The maximum absolute atomic E-state index is 12.3. The van der Waals surface area contributed by atoms with Gasteiger partial charge in [0, 0.05) is 24.4 Å². The van der Waals surface area contributed by atoms with Crippen LogP contribution in [0.25, 0.3) is 0 Å². The lowest BCUT2D eigenvalue weighted by atomic mass is 10.1. The van der Waals surface area contributed by atoms with Gasteiger partial charge in [0.1, 0.15) is 0 Å². The molecular weight excluding hydrogens is 270 g/mol. The molecule has 0 saturated carbocycles. The number of carbonyl (C=O) groups is 1. The molecule has 0 unspecified atom stereocenters. The fourth-order valence-corrected chi connectivity index (χ4v) is 1.61. The zero-order chi connectivity index (χ0) is 15.2. The van der Waals surface area contributed by atoms with Gasteiger partial charge in [-0.15, -0.1) is 0 Å². The molecule has 2 aromatic heterocycles. The zero-order valence-corrected chi connectivity index (χ0v) is 11.8. The van der Waals surface area contributed by atoms with E-state index in [0.717, 1.165) is 11.3 Å². The molecule has 2 heterocycles. The van der Waals surface area contributed by atoms with Crippen molar-refractivity contribution in [2.24, 2.45) is 0 Å². The summed E-state index contributed by atoms with van der Waals surface area (Å²) in [5.41, 5.74) is 2.40. The van der Waals surface area contributed by atoms with Crippen molar-refractivity contribution in [2.45, 2.75) is 20.3 Å². The third kappa shape index (κ3) is 3.46. The van der Waals surface area contributed by atoms with E-state index in [1.807, 2.05) is 6.92 Å². The summed E-state index contributed by atoms with van der Waals surface area (Å²) in [5.74, 6) is 5.57. The smallest absolute Gasteiger partial charge is 0.259 e. The molecule has 0 aliphatic rings. The van der Waals surface area contributed by atoms with Gasteiger partial charge in [0.2, 0.25) is 5.88 Å². The molecule has 0 saturated heterocycles. The molecule has 1 amide bonds. The van der Waals surface area contributed by atoms with E-state index in [9.17, 15) is 4.79 Å². The van der Waals surface area contributed by atoms with Crippen LogP contribution in [0.15, 0.2) is 23.0 Å². The molecule has 0 bridgehead atoms. The Labute approximate surface area is 122 Å². The zero-order valence-electron chi connectivity index (χ0n) is 11.8. The molecule has 108 valence electrons. The summed E-state index contributed by atoms with van der Waals surface area (Å²) in [7, 11) is 0. The van der Waals surface area contributed by atoms with Gasteiger partial charge in [-0.25, -0.2) is 0 Å². The van der Waals surface area contributed by atoms with Crippen LogP contribution in [0.3, 0.4) is 0 Å². The van der Waals surface area contributed by atoms with Gasteiger partial charge in [0.05, 0.1) is 23.4 Å². The van der Waals surface area contributed by atoms with Crippen LogP contribution in [-0.2, 0) is 0 Å². The summed E-state index contributed by atoms with van der Waals surface area (Å²) in [4.78, 5) is 16.2. The van der Waals surface area contributed by atoms with E-state index in [0.29, 0.717) is 23.4 Å². The van der Waals surface area contributed by atoms with E-state index in [1.54, 1.807) is 13.0 Å². The molecular formula is C15H15N3O3. The largest absolute Gasteiger partial charge is 0.395 e. The minimum absolute atomic E-state index is 0.0225. The average Bonchev–Trinajstić information content (AvgIpc) is 2.80. The van der Waals surface area contributed by atoms with Gasteiger partial charge in [-0.2, -0.15) is 0 Å². The Balaban J connectivity index is 2.24. The predicted octanol–water partition coefficient (Wildman–Crippen LogP) is 1.67. The molecule has 0 aliphatic carbocycles. The van der Waals surface area contributed by atoms with Crippen LogP contribution in [0.5, 0.6) is 0 Å². The number of aliphatic hydroxyl groups excluding tert-OH is 1. The summed E-state index contributed by atoms with van der Waals surface area (Å²) in [6, 6.07) is 1.58. The first-order valence-electron chi connectivity index (χ1n) is 6.41. The molecule has 0 radical (unpaired) electrons. The maximum atomic E-state index is 12.3. The van der Waals surface area contributed by atoms with Crippen molar-refractivity contribution in [3.63, 3.8) is 0 Å². The van der Waals surface area contributed by atoms with E-state index in [2.05, 4.69) is 27.3 Å². The Bertz CT molecular complexity index is 710. The first kappa shape index (κ1) is 14.8. The Hall–Kier alpha value is -2.65. The highest BCUT2D eigenvalue weighted by atomic mass is 16.5. The number of aromatic nitrogens is 2. The summed E-state index contributed by atoms with van der Waals surface area (Å²) in [6.07, 6.45) is 3.37. The van der Waals surface area contributed by atoms with Gasteiger partial charge in [0.25, 0.3) is 5.91 Å². The second-order valence-corrected chi connectivity index (χ2v) is 4.37. The highest BCUT2D eigenvalue weighted by Crippen LogP contribution is 2.18. The first-order chi connectivity index (χ1) is 10.1. The summed E-state index contributed by atoms with van der Waals surface area (Å²) in [6.45, 7) is 3.59. The number of pyridine rings is 1. The Morgan fingerprint density at radius 2 is 2.29 bits per heavy atom. The van der Waals surface area contributed by atoms with Crippen molar-refractivity contribution in [3.8, 4) is 11.8 Å². The van der Waals surface area contributed by atoms with Crippen molar-refractivity contribution in [1.82, 2.24) is 10.1 Å². The monoisotopic (exact) mass is 285 g/mol. The molecule has 0 fully saturated rings. The lowest BCUT2D eigenvalue weighted by Crippen LogP contribution is -2.14. The number of nitrogens with one attached hydrogen (secondary N) is 1. The lowest BCUT2D eigenvalue weighted by molar-refractivity contribution is 0.102. The van der Waals surface area contributed by atoms with E-state index in [4.69, 9.17) is 9.63 Å². The molecule has 0 aliphatic heterocycles. The van der Waals surface area contributed by atoms with Crippen LogP contribution in [0.4, 0.5) is 5.88 Å². The van der Waals surface area contributed by atoms with Gasteiger partial charge in [-0.3, -0.25) is 15.1 Å². The summed E-state index contributed by atoms with van der Waals surface area (Å²) in [5, 5.41) is 15.2. The molecule has 0 spiro atoms. The second kappa shape index (κ2) is 6.68. The van der Waals surface area contributed by atoms with Crippen LogP contribution in [0, 0.1) is 25.7 Å². The molecule has 21 heavy (non-hydrogen) atoms. The van der Waals surface area contributed by atoms with Crippen molar-refractivity contribution in [2.75, 3.05) is 11.9 Å². The van der Waals surface area contributed by atoms with E-state index < -0.39 is 0 Å². The van der Waals surface area contributed by atoms with E-state index in [1.165, 1.54) is 12.4 Å². The number of hydrogen-bond donors (Lipinski definition) is 2. The number of hydrogen-bond acceptors (Lipinski definition) is 5. The van der Waals surface area contributed by atoms with Gasteiger partial charge in [-0.05, 0) is 19.9 Å². The number of anilines is 1. The van der Waals surface area contributed by atoms with Crippen molar-refractivity contribution >= 4 is 11.8 Å². The highest BCUT2D eigenvalue weighted by Gasteiger charge is 2.15.